The van der Waals surface area contributed by atoms with Crippen LogP contribution in [0, 0.1) is 13.8 Å². The normalized spacial score (nSPS) is 16.9. The Morgan fingerprint density at radius 3 is 2.32 bits per heavy atom. The molecule has 0 amide bonds. The van der Waals surface area contributed by atoms with Gasteiger partial charge in [-0.2, -0.15) is 0 Å². The molecule has 0 radical (unpaired) electrons. The molecule has 8 heteroatoms. The van der Waals surface area contributed by atoms with E-state index < -0.39 is 10.0 Å². The summed E-state index contributed by atoms with van der Waals surface area (Å²) in [5.41, 5.74) is 2.06. The zero-order chi connectivity index (χ0) is 18.0. The molecule has 0 unspecified atom stereocenters. The Morgan fingerprint density at radius 2 is 1.76 bits per heavy atom. The number of anilines is 1. The number of benzene rings is 1. The summed E-state index contributed by atoms with van der Waals surface area (Å²) in [6.07, 6.45) is 0. The molecule has 136 valence electrons. The van der Waals surface area contributed by atoms with Gasteiger partial charge in [0.1, 0.15) is 5.69 Å². The third-order valence-electron chi connectivity index (χ3n) is 4.44. The van der Waals surface area contributed by atoms with E-state index in [1.165, 1.54) is 5.56 Å². The Morgan fingerprint density at radius 1 is 1.12 bits per heavy atom. The molecule has 25 heavy (non-hydrogen) atoms. The molecular weight excluding hydrogens is 340 g/mol. The summed E-state index contributed by atoms with van der Waals surface area (Å²) in [5, 5.41) is 3.71. The summed E-state index contributed by atoms with van der Waals surface area (Å²) < 4.78 is 32.6. The number of aromatic nitrogens is 1. The maximum atomic E-state index is 12.5. The zero-order valence-electron chi connectivity index (χ0n) is 14.8. The van der Waals surface area contributed by atoms with Crippen molar-refractivity contribution in [3.05, 3.63) is 41.3 Å². The standard InChI is InChI=1S/C17H24N4O3S/c1-13-17(14(2)24-18-13)25(22,23)19-16-6-4-15(5-7-16)12-21-10-8-20(3)9-11-21/h4-7,19H,8-12H2,1-3H3. The minimum absolute atomic E-state index is 0.106. The van der Waals surface area contributed by atoms with Gasteiger partial charge in [0.15, 0.2) is 10.7 Å². The topological polar surface area (TPSA) is 78.7 Å². The SMILES string of the molecule is Cc1noc(C)c1S(=O)(=O)Nc1ccc(CN2CCN(C)CC2)cc1. The molecule has 1 aromatic carbocycles. The number of hydrogen-bond acceptors (Lipinski definition) is 6. The van der Waals surface area contributed by atoms with Crippen molar-refractivity contribution in [1.82, 2.24) is 15.0 Å². The first-order valence-electron chi connectivity index (χ1n) is 8.31. The van der Waals surface area contributed by atoms with Crippen LogP contribution in [0.15, 0.2) is 33.7 Å². The number of piperazine rings is 1. The van der Waals surface area contributed by atoms with E-state index in [0.29, 0.717) is 11.4 Å². The van der Waals surface area contributed by atoms with Crippen LogP contribution in [0.5, 0.6) is 0 Å². The Hall–Kier alpha value is -1.90. The predicted molar refractivity (Wildman–Crippen MR) is 96.0 cm³/mol. The van der Waals surface area contributed by atoms with E-state index >= 15 is 0 Å². The summed E-state index contributed by atoms with van der Waals surface area (Å²) in [7, 11) is -1.56. The first-order valence-corrected chi connectivity index (χ1v) is 9.79. The highest BCUT2D eigenvalue weighted by molar-refractivity contribution is 7.92. The molecule has 0 saturated carbocycles. The summed E-state index contributed by atoms with van der Waals surface area (Å²) >= 11 is 0. The molecule has 1 aliphatic heterocycles. The molecule has 0 atom stereocenters. The number of aryl methyl sites for hydroxylation is 2. The summed E-state index contributed by atoms with van der Waals surface area (Å²) in [5.74, 6) is 0.289. The maximum Gasteiger partial charge on any atom is 0.267 e. The molecule has 7 nitrogen and oxygen atoms in total. The lowest BCUT2D eigenvalue weighted by molar-refractivity contribution is 0.148. The number of nitrogens with one attached hydrogen (secondary N) is 1. The average molecular weight is 364 g/mol. The fraction of sp³-hybridized carbons (Fsp3) is 0.471. The predicted octanol–water partition coefficient (Wildman–Crippen LogP) is 1.84. The van der Waals surface area contributed by atoms with Crippen LogP contribution in [0.3, 0.4) is 0 Å². The molecule has 0 aliphatic carbocycles. The van der Waals surface area contributed by atoms with Gasteiger partial charge in [0.2, 0.25) is 0 Å². The van der Waals surface area contributed by atoms with Crippen LogP contribution >= 0.6 is 0 Å². The minimum Gasteiger partial charge on any atom is -0.360 e. The van der Waals surface area contributed by atoms with Gasteiger partial charge in [0.05, 0.1) is 0 Å². The fourth-order valence-electron chi connectivity index (χ4n) is 3.01. The Kier molecular flexibility index (Phi) is 5.12. The maximum absolute atomic E-state index is 12.5. The van der Waals surface area contributed by atoms with Gasteiger partial charge in [-0.25, -0.2) is 8.42 Å². The van der Waals surface area contributed by atoms with Crippen LogP contribution < -0.4 is 4.72 Å². The highest BCUT2D eigenvalue weighted by atomic mass is 32.2. The monoisotopic (exact) mass is 364 g/mol. The fourth-order valence-corrected chi connectivity index (χ4v) is 4.40. The molecule has 2 aromatic rings. The molecule has 1 aliphatic rings. The van der Waals surface area contributed by atoms with Crippen LogP contribution in [0.1, 0.15) is 17.0 Å². The van der Waals surface area contributed by atoms with E-state index in [1.54, 1.807) is 26.0 Å². The lowest BCUT2D eigenvalue weighted by Gasteiger charge is -2.32. The van der Waals surface area contributed by atoms with E-state index in [1.807, 2.05) is 12.1 Å². The van der Waals surface area contributed by atoms with Gasteiger partial charge in [-0.3, -0.25) is 9.62 Å². The number of likely N-dealkylation sites (N-methyl/N-ethyl adjacent to an activating group) is 1. The largest absolute Gasteiger partial charge is 0.360 e. The van der Waals surface area contributed by atoms with Crippen molar-refractivity contribution in [2.24, 2.45) is 0 Å². The van der Waals surface area contributed by atoms with Gasteiger partial charge in [-0.15, -0.1) is 0 Å². The van der Waals surface area contributed by atoms with Gasteiger partial charge in [0.25, 0.3) is 10.0 Å². The first kappa shape index (κ1) is 17.9. The Bertz CT molecular complexity index is 803. The highest BCUT2D eigenvalue weighted by Gasteiger charge is 2.24. The van der Waals surface area contributed by atoms with E-state index in [0.717, 1.165) is 32.7 Å². The van der Waals surface area contributed by atoms with Crippen molar-refractivity contribution in [2.75, 3.05) is 37.9 Å². The first-order chi connectivity index (χ1) is 11.8. The lowest BCUT2D eigenvalue weighted by Crippen LogP contribution is -2.43. The molecule has 0 spiro atoms. The average Bonchev–Trinajstić information content (AvgIpc) is 2.91. The molecular formula is C17H24N4O3S. The molecule has 0 bridgehead atoms. The highest BCUT2D eigenvalue weighted by Crippen LogP contribution is 2.22. The summed E-state index contributed by atoms with van der Waals surface area (Å²) in [4.78, 5) is 4.83. The summed E-state index contributed by atoms with van der Waals surface area (Å²) in [6, 6.07) is 7.51. The van der Waals surface area contributed by atoms with Crippen molar-refractivity contribution >= 4 is 15.7 Å². The van der Waals surface area contributed by atoms with Gasteiger partial charge in [0, 0.05) is 38.4 Å². The van der Waals surface area contributed by atoms with Crippen LogP contribution in [-0.4, -0.2) is 56.6 Å². The molecule has 1 saturated heterocycles. The Balaban J connectivity index is 1.66. The third kappa shape index (κ3) is 4.20. The molecule has 1 aromatic heterocycles. The van der Waals surface area contributed by atoms with E-state index in [4.69, 9.17) is 4.52 Å². The third-order valence-corrected chi connectivity index (χ3v) is 6.07. The van der Waals surface area contributed by atoms with Crippen molar-refractivity contribution in [3.63, 3.8) is 0 Å². The lowest BCUT2D eigenvalue weighted by atomic mass is 10.2. The van der Waals surface area contributed by atoms with Gasteiger partial charge in [-0.05, 0) is 38.6 Å². The number of nitrogens with zero attached hydrogens (tertiary/aromatic N) is 3. The Labute approximate surface area is 148 Å². The van der Waals surface area contributed by atoms with E-state index in [-0.39, 0.29) is 10.7 Å². The molecule has 2 heterocycles. The van der Waals surface area contributed by atoms with Gasteiger partial charge >= 0.3 is 0 Å². The van der Waals surface area contributed by atoms with Crippen molar-refractivity contribution in [3.8, 4) is 0 Å². The van der Waals surface area contributed by atoms with Crippen molar-refractivity contribution in [1.29, 1.82) is 0 Å². The van der Waals surface area contributed by atoms with Crippen molar-refractivity contribution in [2.45, 2.75) is 25.3 Å². The van der Waals surface area contributed by atoms with Crippen LogP contribution in [0.4, 0.5) is 5.69 Å². The van der Waals surface area contributed by atoms with Gasteiger partial charge < -0.3 is 9.42 Å². The molecule has 1 fully saturated rings. The molecule has 1 N–H and O–H groups in total. The smallest absolute Gasteiger partial charge is 0.267 e. The number of rotatable bonds is 5. The second kappa shape index (κ2) is 7.15. The van der Waals surface area contributed by atoms with E-state index in [2.05, 4.69) is 26.7 Å². The van der Waals surface area contributed by atoms with E-state index in [9.17, 15) is 8.42 Å². The summed E-state index contributed by atoms with van der Waals surface area (Å²) in [6.45, 7) is 8.35. The molecule has 3 rings (SSSR count). The quantitative estimate of drug-likeness (QED) is 0.872. The van der Waals surface area contributed by atoms with Crippen LogP contribution in [0.2, 0.25) is 0 Å². The van der Waals surface area contributed by atoms with Crippen molar-refractivity contribution < 1.29 is 12.9 Å². The minimum atomic E-state index is -3.70. The second-order valence-electron chi connectivity index (χ2n) is 6.54. The number of sulfonamides is 1. The van der Waals surface area contributed by atoms with Crippen LogP contribution in [-0.2, 0) is 16.6 Å². The number of hydrogen-bond donors (Lipinski definition) is 1. The second-order valence-corrected chi connectivity index (χ2v) is 8.15. The van der Waals surface area contributed by atoms with Crippen LogP contribution in [0.25, 0.3) is 0 Å². The zero-order valence-corrected chi connectivity index (χ0v) is 15.6. The van der Waals surface area contributed by atoms with Gasteiger partial charge in [-0.1, -0.05) is 17.3 Å².